The van der Waals surface area contributed by atoms with Gasteiger partial charge in [0, 0.05) is 17.6 Å². The van der Waals surface area contributed by atoms with Gasteiger partial charge in [0.15, 0.2) is 0 Å². The fourth-order valence-electron chi connectivity index (χ4n) is 2.87. The van der Waals surface area contributed by atoms with Crippen molar-refractivity contribution in [1.82, 2.24) is 4.90 Å². The highest BCUT2D eigenvalue weighted by Crippen LogP contribution is 2.34. The molecule has 0 saturated carbocycles. The van der Waals surface area contributed by atoms with E-state index in [-0.39, 0.29) is 0 Å². The lowest BCUT2D eigenvalue weighted by atomic mass is 9.77. The Morgan fingerprint density at radius 1 is 1.55 bits per heavy atom. The van der Waals surface area contributed by atoms with Crippen LogP contribution in [0.2, 0.25) is 5.02 Å². The minimum absolute atomic E-state index is 0.586. The Morgan fingerprint density at radius 3 is 2.90 bits per heavy atom. The van der Waals surface area contributed by atoms with E-state index in [4.69, 9.17) is 11.6 Å². The van der Waals surface area contributed by atoms with E-state index in [9.17, 15) is 9.90 Å². The smallest absolute Gasteiger partial charge is 0.310 e. The highest BCUT2D eigenvalue weighted by Gasteiger charge is 2.40. The van der Waals surface area contributed by atoms with Crippen LogP contribution in [0.15, 0.2) is 22.7 Å². The molecule has 1 heterocycles. The lowest BCUT2D eigenvalue weighted by Gasteiger charge is -2.39. The summed E-state index contributed by atoms with van der Waals surface area (Å²) < 4.78 is 0.884. The van der Waals surface area contributed by atoms with Crippen LogP contribution in [-0.4, -0.2) is 29.1 Å². The molecule has 1 aliphatic rings. The van der Waals surface area contributed by atoms with E-state index in [1.54, 1.807) is 0 Å². The van der Waals surface area contributed by atoms with Gasteiger partial charge in [0.1, 0.15) is 0 Å². The molecule has 1 atom stereocenters. The van der Waals surface area contributed by atoms with E-state index in [2.05, 4.69) is 20.8 Å². The predicted molar refractivity (Wildman–Crippen MR) is 84.0 cm³/mol. The first-order chi connectivity index (χ1) is 9.47. The molecule has 1 fully saturated rings. The molecule has 0 amide bonds. The summed E-state index contributed by atoms with van der Waals surface area (Å²) >= 11 is 9.49. The van der Waals surface area contributed by atoms with Gasteiger partial charge in [0.05, 0.1) is 10.4 Å². The van der Waals surface area contributed by atoms with Crippen molar-refractivity contribution in [1.29, 1.82) is 0 Å². The molecule has 0 aromatic heterocycles. The number of hydrogen-bond acceptors (Lipinski definition) is 2. The molecule has 1 unspecified atom stereocenters. The van der Waals surface area contributed by atoms with Crippen molar-refractivity contribution in [3.63, 3.8) is 0 Å². The van der Waals surface area contributed by atoms with Gasteiger partial charge in [-0.15, -0.1) is 0 Å². The van der Waals surface area contributed by atoms with Crippen molar-refractivity contribution in [2.24, 2.45) is 5.41 Å². The largest absolute Gasteiger partial charge is 0.481 e. The van der Waals surface area contributed by atoms with Crippen LogP contribution < -0.4 is 0 Å². The maximum atomic E-state index is 11.6. The van der Waals surface area contributed by atoms with Crippen molar-refractivity contribution in [2.45, 2.75) is 32.7 Å². The van der Waals surface area contributed by atoms with Crippen LogP contribution in [-0.2, 0) is 11.3 Å². The van der Waals surface area contributed by atoms with Gasteiger partial charge in [-0.3, -0.25) is 9.69 Å². The minimum atomic E-state index is -0.668. The highest BCUT2D eigenvalue weighted by molar-refractivity contribution is 9.10. The number of piperidine rings is 1. The van der Waals surface area contributed by atoms with Gasteiger partial charge in [-0.05, 0) is 59.4 Å². The Kier molecular flexibility index (Phi) is 5.10. The highest BCUT2D eigenvalue weighted by atomic mass is 79.9. The van der Waals surface area contributed by atoms with Crippen molar-refractivity contribution in [2.75, 3.05) is 13.1 Å². The van der Waals surface area contributed by atoms with Crippen molar-refractivity contribution in [3.05, 3.63) is 33.3 Å². The van der Waals surface area contributed by atoms with E-state index in [0.717, 1.165) is 36.0 Å². The molecule has 0 radical (unpaired) electrons. The Bertz CT molecular complexity index is 509. The van der Waals surface area contributed by atoms with Crippen molar-refractivity contribution >= 4 is 33.5 Å². The van der Waals surface area contributed by atoms with E-state index in [0.29, 0.717) is 18.0 Å². The van der Waals surface area contributed by atoms with Crippen LogP contribution in [0.3, 0.4) is 0 Å². The lowest BCUT2D eigenvalue weighted by molar-refractivity contribution is -0.153. The van der Waals surface area contributed by atoms with Crippen LogP contribution >= 0.6 is 27.5 Å². The van der Waals surface area contributed by atoms with E-state index < -0.39 is 11.4 Å². The van der Waals surface area contributed by atoms with Gasteiger partial charge in [0.2, 0.25) is 0 Å². The summed E-state index contributed by atoms with van der Waals surface area (Å²) in [5.41, 5.74) is 0.535. The molecule has 1 aromatic rings. The number of carboxylic acids is 1. The molecular weight excluding hydrogens is 342 g/mol. The third-order valence-electron chi connectivity index (χ3n) is 4.18. The van der Waals surface area contributed by atoms with Gasteiger partial charge in [0.25, 0.3) is 0 Å². The molecule has 1 N–H and O–H groups in total. The summed E-state index contributed by atoms with van der Waals surface area (Å²) in [6.07, 6.45) is 2.39. The number of rotatable bonds is 4. The zero-order valence-electron chi connectivity index (χ0n) is 11.5. The Labute approximate surface area is 133 Å². The van der Waals surface area contributed by atoms with Gasteiger partial charge in [-0.25, -0.2) is 0 Å². The number of nitrogens with zero attached hydrogens (tertiary/aromatic N) is 1. The first kappa shape index (κ1) is 15.8. The number of benzene rings is 1. The number of halogens is 2. The molecule has 3 nitrogen and oxygen atoms in total. The summed E-state index contributed by atoms with van der Waals surface area (Å²) in [4.78, 5) is 13.8. The molecule has 5 heteroatoms. The molecule has 0 spiro atoms. The number of carboxylic acid groups (broad SMARTS) is 1. The summed E-state index contributed by atoms with van der Waals surface area (Å²) in [5, 5.41) is 10.2. The van der Waals surface area contributed by atoms with Crippen LogP contribution in [0.1, 0.15) is 31.7 Å². The molecular formula is C15H19BrClNO2. The molecule has 1 aliphatic heterocycles. The Balaban J connectivity index is 2.09. The van der Waals surface area contributed by atoms with Crippen LogP contribution in [0.5, 0.6) is 0 Å². The molecule has 2 rings (SSSR count). The SMILES string of the molecule is CCC1(C(=O)O)CCCN(Cc2ccc(Br)c(Cl)c2)C1. The van der Waals surface area contributed by atoms with E-state index in [1.807, 2.05) is 25.1 Å². The second kappa shape index (κ2) is 6.46. The topological polar surface area (TPSA) is 40.5 Å². The Morgan fingerprint density at radius 2 is 2.30 bits per heavy atom. The minimum Gasteiger partial charge on any atom is -0.481 e. The molecule has 1 aromatic carbocycles. The summed E-state index contributed by atoms with van der Waals surface area (Å²) in [5.74, 6) is -0.668. The van der Waals surface area contributed by atoms with Crippen LogP contribution in [0.25, 0.3) is 0 Å². The zero-order chi connectivity index (χ0) is 14.8. The first-order valence-corrected chi connectivity index (χ1v) is 8.03. The monoisotopic (exact) mass is 359 g/mol. The summed E-state index contributed by atoms with van der Waals surface area (Å²) in [6, 6.07) is 5.90. The number of carbonyl (C=O) groups is 1. The zero-order valence-corrected chi connectivity index (χ0v) is 13.9. The van der Waals surface area contributed by atoms with Gasteiger partial charge < -0.3 is 5.11 Å². The van der Waals surface area contributed by atoms with Gasteiger partial charge in [-0.2, -0.15) is 0 Å². The number of likely N-dealkylation sites (tertiary alicyclic amines) is 1. The lowest BCUT2D eigenvalue weighted by Crippen LogP contribution is -2.47. The maximum Gasteiger partial charge on any atom is 0.310 e. The van der Waals surface area contributed by atoms with Crippen molar-refractivity contribution in [3.8, 4) is 0 Å². The Hall–Kier alpha value is -0.580. The molecule has 110 valence electrons. The fraction of sp³-hybridized carbons (Fsp3) is 0.533. The standard InChI is InChI=1S/C15H19BrClNO2/c1-2-15(14(19)20)6-3-7-18(10-15)9-11-4-5-12(16)13(17)8-11/h4-5,8H,2-3,6-7,9-10H2,1H3,(H,19,20). The van der Waals surface area contributed by atoms with Crippen LogP contribution in [0.4, 0.5) is 0 Å². The average Bonchev–Trinajstić information content (AvgIpc) is 2.43. The van der Waals surface area contributed by atoms with E-state index >= 15 is 0 Å². The first-order valence-electron chi connectivity index (χ1n) is 6.86. The maximum absolute atomic E-state index is 11.6. The van der Waals surface area contributed by atoms with Crippen molar-refractivity contribution < 1.29 is 9.90 Å². The number of hydrogen-bond donors (Lipinski definition) is 1. The average molecular weight is 361 g/mol. The molecule has 0 aliphatic carbocycles. The second-order valence-corrected chi connectivity index (χ2v) is 6.76. The summed E-state index contributed by atoms with van der Waals surface area (Å²) in [7, 11) is 0. The van der Waals surface area contributed by atoms with Gasteiger partial charge in [-0.1, -0.05) is 24.6 Å². The number of aliphatic carboxylic acids is 1. The third kappa shape index (κ3) is 3.35. The van der Waals surface area contributed by atoms with Gasteiger partial charge >= 0.3 is 5.97 Å². The third-order valence-corrected chi connectivity index (χ3v) is 5.41. The molecule has 1 saturated heterocycles. The predicted octanol–water partition coefficient (Wildman–Crippen LogP) is 4.18. The normalized spacial score (nSPS) is 23.8. The second-order valence-electron chi connectivity index (χ2n) is 5.50. The van der Waals surface area contributed by atoms with Crippen LogP contribution in [0, 0.1) is 5.41 Å². The fourth-order valence-corrected chi connectivity index (χ4v) is 3.32. The molecule has 20 heavy (non-hydrogen) atoms. The summed E-state index contributed by atoms with van der Waals surface area (Å²) in [6.45, 7) is 4.28. The van der Waals surface area contributed by atoms with E-state index in [1.165, 1.54) is 0 Å². The quantitative estimate of drug-likeness (QED) is 0.875. The molecule has 0 bridgehead atoms.